The zero-order chi connectivity index (χ0) is 18.4. The van der Waals surface area contributed by atoms with Gasteiger partial charge >= 0.3 is 0 Å². The fraction of sp³-hybridized carbons (Fsp3) is 0.250. The minimum Gasteiger partial charge on any atom is -0.381 e. The normalized spacial score (nSPS) is 17.1. The summed E-state index contributed by atoms with van der Waals surface area (Å²) < 4.78 is 7.43. The maximum atomic E-state index is 12.8. The van der Waals surface area contributed by atoms with E-state index >= 15 is 0 Å². The van der Waals surface area contributed by atoms with Gasteiger partial charge in [-0.05, 0) is 18.2 Å². The second-order valence-corrected chi connectivity index (χ2v) is 7.26. The first-order valence-corrected chi connectivity index (χ1v) is 9.27. The second kappa shape index (κ2) is 6.18. The Balaban J connectivity index is 1.79. The number of aromatic nitrogens is 3. The van der Waals surface area contributed by atoms with Crippen molar-refractivity contribution in [2.45, 2.75) is 18.5 Å². The van der Waals surface area contributed by atoms with E-state index in [4.69, 9.17) is 21.4 Å². The molecule has 1 aromatic heterocycles. The van der Waals surface area contributed by atoms with Crippen molar-refractivity contribution in [3.63, 3.8) is 0 Å². The zero-order valence-electron chi connectivity index (χ0n) is 14.5. The lowest BCUT2D eigenvalue weighted by Gasteiger charge is -2.43. The maximum absolute atomic E-state index is 12.8. The molecular weight excluding hydrogens is 364 g/mol. The Kier molecular flexibility index (Phi) is 3.77. The van der Waals surface area contributed by atoms with Crippen LogP contribution in [0.1, 0.15) is 12.8 Å². The second-order valence-electron chi connectivity index (χ2n) is 6.83. The molecule has 0 atom stereocenters. The lowest BCUT2D eigenvalue weighted by Crippen LogP contribution is -2.50. The van der Waals surface area contributed by atoms with Gasteiger partial charge in [-0.1, -0.05) is 41.9 Å². The Bertz CT molecular complexity index is 1080. The lowest BCUT2D eigenvalue weighted by molar-refractivity contribution is 0.0273. The molecule has 27 heavy (non-hydrogen) atoms. The molecule has 1 saturated heterocycles. The molecule has 0 radical (unpaired) electrons. The fourth-order valence-corrected chi connectivity index (χ4v) is 3.97. The van der Waals surface area contributed by atoms with Crippen LogP contribution in [-0.2, 0) is 10.4 Å². The van der Waals surface area contributed by atoms with Crippen LogP contribution in [0.5, 0.6) is 0 Å². The molecule has 0 amide bonds. The summed E-state index contributed by atoms with van der Waals surface area (Å²) in [4.78, 5) is 17.2. The number of hydrogen-bond acceptors (Lipinski definition) is 5. The number of ether oxygens (including phenoxy) is 1. The van der Waals surface area contributed by atoms with Crippen LogP contribution in [0.2, 0.25) is 5.02 Å². The molecule has 5 rings (SSSR count). The van der Waals surface area contributed by atoms with Crippen molar-refractivity contribution in [2.75, 3.05) is 18.5 Å². The Morgan fingerprint density at radius 3 is 2.67 bits per heavy atom. The van der Waals surface area contributed by atoms with Crippen molar-refractivity contribution in [3.8, 4) is 22.6 Å². The molecule has 136 valence electrons. The third kappa shape index (κ3) is 2.64. The molecule has 0 bridgehead atoms. The lowest BCUT2D eigenvalue weighted by atomic mass is 9.95. The predicted octanol–water partition coefficient (Wildman–Crippen LogP) is 3.51. The highest BCUT2D eigenvalue weighted by Gasteiger charge is 2.41. The van der Waals surface area contributed by atoms with Gasteiger partial charge in [0.1, 0.15) is 5.66 Å². The standard InChI is InChI=1S/C20H17ClN4O2/c21-14-6-7-16-15(12-14)18-22-19(26)17(13-4-2-1-3-5-13)24-25(18)20(23-16)8-10-27-11-9-20/h1-7,12,23H,8-11H2. The highest BCUT2D eigenvalue weighted by Crippen LogP contribution is 2.42. The molecule has 3 aromatic rings. The first kappa shape index (κ1) is 16.5. The number of fused-ring (bicyclic) bond motifs is 4. The van der Waals surface area contributed by atoms with Crippen molar-refractivity contribution in [3.05, 3.63) is 63.9 Å². The van der Waals surface area contributed by atoms with E-state index in [0.29, 0.717) is 29.8 Å². The molecule has 0 saturated carbocycles. The Morgan fingerprint density at radius 1 is 1.11 bits per heavy atom. The fourth-order valence-electron chi connectivity index (χ4n) is 3.80. The third-order valence-corrected chi connectivity index (χ3v) is 5.41. The van der Waals surface area contributed by atoms with E-state index in [1.807, 2.05) is 53.2 Å². The van der Waals surface area contributed by atoms with Crippen LogP contribution in [0, 0.1) is 0 Å². The molecule has 0 aliphatic carbocycles. The van der Waals surface area contributed by atoms with Crippen molar-refractivity contribution >= 4 is 17.3 Å². The van der Waals surface area contributed by atoms with E-state index < -0.39 is 5.66 Å². The Labute approximate surface area is 160 Å². The molecule has 1 N–H and O–H groups in total. The predicted molar refractivity (Wildman–Crippen MR) is 104 cm³/mol. The van der Waals surface area contributed by atoms with E-state index in [-0.39, 0.29) is 5.56 Å². The first-order chi connectivity index (χ1) is 13.2. The third-order valence-electron chi connectivity index (χ3n) is 5.17. The monoisotopic (exact) mass is 380 g/mol. The van der Waals surface area contributed by atoms with Crippen LogP contribution in [0.15, 0.2) is 53.3 Å². The van der Waals surface area contributed by atoms with Crippen LogP contribution in [0.25, 0.3) is 22.6 Å². The minimum atomic E-state index is -0.474. The van der Waals surface area contributed by atoms with Crippen LogP contribution in [0.4, 0.5) is 5.69 Å². The van der Waals surface area contributed by atoms with Crippen LogP contribution >= 0.6 is 11.6 Å². The van der Waals surface area contributed by atoms with Gasteiger partial charge in [0, 0.05) is 34.7 Å². The van der Waals surface area contributed by atoms with Gasteiger partial charge in [0.2, 0.25) is 0 Å². The summed E-state index contributed by atoms with van der Waals surface area (Å²) in [5.74, 6) is 0.540. The van der Waals surface area contributed by atoms with E-state index in [2.05, 4.69) is 10.3 Å². The van der Waals surface area contributed by atoms with Crippen molar-refractivity contribution < 1.29 is 4.74 Å². The molecule has 2 aliphatic rings. The number of anilines is 1. The number of nitrogens with one attached hydrogen (secondary N) is 1. The number of benzene rings is 2. The summed E-state index contributed by atoms with van der Waals surface area (Å²) >= 11 is 6.20. The number of hydrogen-bond donors (Lipinski definition) is 1. The molecule has 3 heterocycles. The van der Waals surface area contributed by atoms with Gasteiger partial charge in [-0.15, -0.1) is 0 Å². The summed E-state index contributed by atoms with van der Waals surface area (Å²) in [6, 6.07) is 15.0. The van der Waals surface area contributed by atoms with Gasteiger partial charge in [0.15, 0.2) is 11.5 Å². The Morgan fingerprint density at radius 2 is 1.89 bits per heavy atom. The average molecular weight is 381 g/mol. The SMILES string of the molecule is O=c1nc2n(nc1-c1ccccc1)C1(CCOCC1)Nc1ccc(Cl)cc1-2. The van der Waals surface area contributed by atoms with Gasteiger partial charge in [0.05, 0.1) is 13.2 Å². The van der Waals surface area contributed by atoms with Crippen molar-refractivity contribution in [1.29, 1.82) is 0 Å². The van der Waals surface area contributed by atoms with E-state index in [1.165, 1.54) is 0 Å². The summed E-state index contributed by atoms with van der Waals surface area (Å²) in [5, 5.41) is 8.97. The molecule has 2 aliphatic heterocycles. The zero-order valence-corrected chi connectivity index (χ0v) is 15.2. The quantitative estimate of drug-likeness (QED) is 0.699. The first-order valence-electron chi connectivity index (χ1n) is 8.89. The minimum absolute atomic E-state index is 0.345. The highest BCUT2D eigenvalue weighted by molar-refractivity contribution is 6.31. The Hall–Kier alpha value is -2.70. The molecule has 7 heteroatoms. The smallest absolute Gasteiger partial charge is 0.300 e. The molecule has 0 unspecified atom stereocenters. The van der Waals surface area contributed by atoms with Crippen molar-refractivity contribution in [2.24, 2.45) is 0 Å². The summed E-state index contributed by atoms with van der Waals surface area (Å²) in [6.45, 7) is 1.23. The topological polar surface area (TPSA) is 69.0 Å². The molecular formula is C20H17ClN4O2. The highest BCUT2D eigenvalue weighted by atomic mass is 35.5. The van der Waals surface area contributed by atoms with Crippen LogP contribution < -0.4 is 10.9 Å². The number of nitrogens with zero attached hydrogens (tertiary/aromatic N) is 3. The van der Waals surface area contributed by atoms with Gasteiger partial charge in [-0.2, -0.15) is 10.1 Å². The molecule has 2 aromatic carbocycles. The van der Waals surface area contributed by atoms with Gasteiger partial charge < -0.3 is 10.1 Å². The number of rotatable bonds is 1. The molecule has 1 spiro atoms. The summed E-state index contributed by atoms with van der Waals surface area (Å²) in [7, 11) is 0. The van der Waals surface area contributed by atoms with E-state index in [0.717, 1.165) is 29.7 Å². The summed E-state index contributed by atoms with van der Waals surface area (Å²) in [6.07, 6.45) is 1.46. The number of halogens is 1. The maximum Gasteiger partial charge on any atom is 0.300 e. The van der Waals surface area contributed by atoms with Crippen LogP contribution in [0.3, 0.4) is 0 Å². The largest absolute Gasteiger partial charge is 0.381 e. The van der Waals surface area contributed by atoms with Gasteiger partial charge in [0.25, 0.3) is 5.56 Å². The van der Waals surface area contributed by atoms with Crippen molar-refractivity contribution in [1.82, 2.24) is 14.8 Å². The molecule has 6 nitrogen and oxygen atoms in total. The molecule has 1 fully saturated rings. The van der Waals surface area contributed by atoms with E-state index in [9.17, 15) is 4.79 Å². The summed E-state index contributed by atoms with van der Waals surface area (Å²) in [5.41, 5.74) is 1.97. The van der Waals surface area contributed by atoms with E-state index in [1.54, 1.807) is 0 Å². The van der Waals surface area contributed by atoms with Crippen LogP contribution in [-0.4, -0.2) is 28.0 Å². The average Bonchev–Trinajstić information content (AvgIpc) is 2.70. The van der Waals surface area contributed by atoms with Gasteiger partial charge in [-0.25, -0.2) is 4.68 Å². The van der Waals surface area contributed by atoms with Gasteiger partial charge in [-0.3, -0.25) is 4.79 Å².